The van der Waals surface area contributed by atoms with E-state index in [1.807, 2.05) is 0 Å². The van der Waals surface area contributed by atoms with Crippen molar-refractivity contribution in [2.45, 2.75) is 26.4 Å². The molecule has 2 heteroatoms. The Morgan fingerprint density at radius 3 is 2.65 bits per heavy atom. The maximum atomic E-state index is 5.32. The van der Waals surface area contributed by atoms with Gasteiger partial charge in [0.2, 0.25) is 0 Å². The minimum atomic E-state index is 0.691. The maximum Gasteiger partial charge on any atom is 0.0599 e. The Morgan fingerprint density at radius 1 is 1.29 bits per heavy atom. The lowest BCUT2D eigenvalue weighted by atomic mass is 10.1. The average Bonchev–Trinajstić information content (AvgIpc) is 2.32. The number of nitrogens with zero attached hydrogens (tertiary/aromatic N) is 1. The lowest BCUT2D eigenvalue weighted by molar-refractivity contribution is 0.367. The van der Waals surface area contributed by atoms with Gasteiger partial charge in [0.1, 0.15) is 0 Å². The molecule has 2 nitrogen and oxygen atoms in total. The van der Waals surface area contributed by atoms with E-state index in [4.69, 9.17) is 6.42 Å². The lowest BCUT2D eigenvalue weighted by Gasteiger charge is -2.16. The van der Waals surface area contributed by atoms with Crippen LogP contribution in [0, 0.1) is 12.3 Å². The van der Waals surface area contributed by atoms with E-state index in [9.17, 15) is 0 Å². The second-order valence-electron chi connectivity index (χ2n) is 4.32. The normalized spacial score (nSPS) is 10.5. The van der Waals surface area contributed by atoms with Gasteiger partial charge in [-0.3, -0.25) is 4.90 Å². The molecule has 0 bridgehead atoms. The largest absolute Gasteiger partial charge is 0.313 e. The molecular formula is C15H22N2. The van der Waals surface area contributed by atoms with Gasteiger partial charge in [-0.1, -0.05) is 37.1 Å². The van der Waals surface area contributed by atoms with Crippen molar-refractivity contribution in [2.24, 2.45) is 0 Å². The quantitative estimate of drug-likeness (QED) is 0.571. The van der Waals surface area contributed by atoms with E-state index < -0.39 is 0 Å². The molecule has 0 aliphatic carbocycles. The van der Waals surface area contributed by atoms with Crippen LogP contribution in [-0.2, 0) is 13.1 Å². The zero-order chi connectivity index (χ0) is 12.5. The highest BCUT2D eigenvalue weighted by Crippen LogP contribution is 2.10. The fraction of sp³-hybridized carbons (Fsp3) is 0.467. The van der Waals surface area contributed by atoms with Gasteiger partial charge in [-0.15, -0.1) is 6.42 Å². The van der Waals surface area contributed by atoms with Crippen LogP contribution < -0.4 is 5.32 Å². The second-order valence-corrected chi connectivity index (χ2v) is 4.32. The zero-order valence-electron chi connectivity index (χ0n) is 10.9. The van der Waals surface area contributed by atoms with Crippen molar-refractivity contribution < 1.29 is 0 Å². The molecule has 0 unspecified atom stereocenters. The number of benzene rings is 1. The molecule has 0 radical (unpaired) electrons. The van der Waals surface area contributed by atoms with Gasteiger partial charge in [0.25, 0.3) is 0 Å². The summed E-state index contributed by atoms with van der Waals surface area (Å²) in [6.45, 7) is 5.78. The Kier molecular flexibility index (Phi) is 6.39. The van der Waals surface area contributed by atoms with Crippen LogP contribution in [0.15, 0.2) is 24.3 Å². The van der Waals surface area contributed by atoms with Crippen LogP contribution in [0.1, 0.15) is 24.5 Å². The molecule has 17 heavy (non-hydrogen) atoms. The zero-order valence-corrected chi connectivity index (χ0v) is 10.9. The molecule has 92 valence electrons. The molecule has 0 fully saturated rings. The summed E-state index contributed by atoms with van der Waals surface area (Å²) < 4.78 is 0. The van der Waals surface area contributed by atoms with Gasteiger partial charge in [-0.05, 0) is 31.1 Å². The molecular weight excluding hydrogens is 208 g/mol. The lowest BCUT2D eigenvalue weighted by Crippen LogP contribution is -2.20. The number of hydrogen-bond donors (Lipinski definition) is 1. The topological polar surface area (TPSA) is 15.3 Å². The standard InChI is InChI=1S/C15H22N2/c1-4-10-16-12-14-8-6-7-9-15(14)13-17(3)11-5-2/h2,6-9,16H,4,10-13H2,1,3H3. The highest BCUT2D eigenvalue weighted by molar-refractivity contribution is 5.27. The molecule has 0 aliphatic rings. The first kappa shape index (κ1) is 13.8. The van der Waals surface area contributed by atoms with Gasteiger partial charge in [-0.2, -0.15) is 0 Å². The highest BCUT2D eigenvalue weighted by Gasteiger charge is 2.03. The monoisotopic (exact) mass is 230 g/mol. The summed E-state index contributed by atoms with van der Waals surface area (Å²) in [5.74, 6) is 2.67. The first-order valence-corrected chi connectivity index (χ1v) is 6.17. The predicted octanol–water partition coefficient (Wildman–Crippen LogP) is 2.25. The molecule has 0 aromatic heterocycles. The second kappa shape index (κ2) is 7.89. The summed E-state index contributed by atoms with van der Waals surface area (Å²) in [5, 5.41) is 3.44. The summed E-state index contributed by atoms with van der Waals surface area (Å²) in [6.07, 6.45) is 6.48. The first-order valence-electron chi connectivity index (χ1n) is 6.17. The van der Waals surface area contributed by atoms with Gasteiger partial charge >= 0.3 is 0 Å². The van der Waals surface area contributed by atoms with E-state index in [0.717, 1.165) is 19.6 Å². The van der Waals surface area contributed by atoms with Crippen LogP contribution in [0.2, 0.25) is 0 Å². The molecule has 0 heterocycles. The summed E-state index contributed by atoms with van der Waals surface area (Å²) >= 11 is 0. The van der Waals surface area contributed by atoms with Crippen LogP contribution in [0.4, 0.5) is 0 Å². The first-order chi connectivity index (χ1) is 8.27. The van der Waals surface area contributed by atoms with E-state index >= 15 is 0 Å². The number of terminal acetylenes is 1. The van der Waals surface area contributed by atoms with Crippen LogP contribution in [-0.4, -0.2) is 25.0 Å². The van der Waals surface area contributed by atoms with Crippen molar-refractivity contribution in [3.8, 4) is 12.3 Å². The van der Waals surface area contributed by atoms with Gasteiger partial charge in [0.05, 0.1) is 6.54 Å². The van der Waals surface area contributed by atoms with Crippen molar-refractivity contribution >= 4 is 0 Å². The molecule has 0 saturated heterocycles. The van der Waals surface area contributed by atoms with Gasteiger partial charge in [-0.25, -0.2) is 0 Å². The Labute approximate surface area is 105 Å². The van der Waals surface area contributed by atoms with Gasteiger partial charge in [0.15, 0.2) is 0 Å². The Bertz CT molecular complexity index is 365. The minimum Gasteiger partial charge on any atom is -0.313 e. The molecule has 0 atom stereocenters. The Hall–Kier alpha value is -1.30. The number of hydrogen-bond acceptors (Lipinski definition) is 2. The van der Waals surface area contributed by atoms with Crippen molar-refractivity contribution in [3.05, 3.63) is 35.4 Å². The minimum absolute atomic E-state index is 0.691. The third-order valence-corrected chi connectivity index (χ3v) is 2.66. The van der Waals surface area contributed by atoms with Crippen molar-refractivity contribution in [3.63, 3.8) is 0 Å². The van der Waals surface area contributed by atoms with Crippen LogP contribution in [0.5, 0.6) is 0 Å². The molecule has 1 aromatic rings. The fourth-order valence-corrected chi connectivity index (χ4v) is 1.79. The fourth-order valence-electron chi connectivity index (χ4n) is 1.79. The van der Waals surface area contributed by atoms with E-state index in [1.54, 1.807) is 0 Å². The van der Waals surface area contributed by atoms with E-state index in [0.29, 0.717) is 6.54 Å². The van der Waals surface area contributed by atoms with Gasteiger partial charge in [0, 0.05) is 13.1 Å². The Morgan fingerprint density at radius 2 is 2.00 bits per heavy atom. The molecule has 0 saturated carbocycles. The molecule has 0 aliphatic heterocycles. The third-order valence-electron chi connectivity index (χ3n) is 2.66. The summed E-state index contributed by atoms with van der Waals surface area (Å²) in [5.41, 5.74) is 2.72. The average molecular weight is 230 g/mol. The molecule has 1 rings (SSSR count). The number of nitrogens with one attached hydrogen (secondary N) is 1. The molecule has 0 amide bonds. The van der Waals surface area contributed by atoms with E-state index in [2.05, 4.69) is 54.4 Å². The van der Waals surface area contributed by atoms with Crippen molar-refractivity contribution in [1.82, 2.24) is 10.2 Å². The van der Waals surface area contributed by atoms with Gasteiger partial charge < -0.3 is 5.32 Å². The maximum absolute atomic E-state index is 5.32. The van der Waals surface area contributed by atoms with Crippen LogP contribution >= 0.6 is 0 Å². The van der Waals surface area contributed by atoms with Crippen LogP contribution in [0.25, 0.3) is 0 Å². The molecule has 0 spiro atoms. The van der Waals surface area contributed by atoms with Crippen molar-refractivity contribution in [2.75, 3.05) is 20.1 Å². The van der Waals surface area contributed by atoms with E-state index in [-0.39, 0.29) is 0 Å². The smallest absolute Gasteiger partial charge is 0.0599 e. The Balaban J connectivity index is 2.61. The molecule has 1 N–H and O–H groups in total. The van der Waals surface area contributed by atoms with Crippen molar-refractivity contribution in [1.29, 1.82) is 0 Å². The van der Waals surface area contributed by atoms with Crippen LogP contribution in [0.3, 0.4) is 0 Å². The summed E-state index contributed by atoms with van der Waals surface area (Å²) in [7, 11) is 2.05. The SMILES string of the molecule is C#CCN(C)Cc1ccccc1CNCCC. The highest BCUT2D eigenvalue weighted by atomic mass is 15.1. The third kappa shape index (κ3) is 5.04. The van der Waals surface area contributed by atoms with E-state index in [1.165, 1.54) is 17.5 Å². The summed E-state index contributed by atoms with van der Waals surface area (Å²) in [4.78, 5) is 2.15. The predicted molar refractivity (Wildman–Crippen MR) is 73.6 cm³/mol. The number of rotatable bonds is 7. The molecule has 1 aromatic carbocycles. The summed E-state index contributed by atoms with van der Waals surface area (Å²) in [6, 6.07) is 8.54.